The maximum Gasteiger partial charge on any atom is 0.263 e. The number of anilines is 1. The molecule has 3 N–H and O–H groups in total. The third kappa shape index (κ3) is 2.68. The Morgan fingerprint density at radius 1 is 1.55 bits per heavy atom. The van der Waals surface area contributed by atoms with Gasteiger partial charge in [-0.3, -0.25) is 4.79 Å². The fraction of sp³-hybridized carbons (Fsp3) is 0.357. The van der Waals surface area contributed by atoms with Gasteiger partial charge in [-0.05, 0) is 25.0 Å². The van der Waals surface area contributed by atoms with Gasteiger partial charge in [-0.1, -0.05) is 22.0 Å². The maximum atomic E-state index is 12.2. The van der Waals surface area contributed by atoms with E-state index < -0.39 is 0 Å². The summed E-state index contributed by atoms with van der Waals surface area (Å²) in [5.41, 5.74) is 6.63. The highest BCUT2D eigenvalue weighted by molar-refractivity contribution is 9.10. The lowest BCUT2D eigenvalue weighted by molar-refractivity contribution is 0.0862. The van der Waals surface area contributed by atoms with Gasteiger partial charge in [0.2, 0.25) is 0 Å². The zero-order valence-electron chi connectivity index (χ0n) is 10.8. The molecule has 0 aliphatic carbocycles. The molecule has 1 atom stereocenters. The van der Waals surface area contributed by atoms with Crippen LogP contribution in [0.3, 0.4) is 0 Å². The average molecular weight is 355 g/mol. The van der Waals surface area contributed by atoms with Crippen molar-refractivity contribution >= 4 is 48.9 Å². The number of rotatable bonds is 3. The second-order valence-corrected chi connectivity index (χ2v) is 6.80. The van der Waals surface area contributed by atoms with Gasteiger partial charge in [-0.15, -0.1) is 11.3 Å². The Bertz CT molecular complexity index is 650. The molecule has 0 spiro atoms. The average Bonchev–Trinajstić information content (AvgIpc) is 3.04. The Balaban J connectivity index is 1.78. The van der Waals surface area contributed by atoms with E-state index in [0.717, 1.165) is 34.0 Å². The third-order valence-electron chi connectivity index (χ3n) is 3.41. The van der Waals surface area contributed by atoms with E-state index in [-0.39, 0.29) is 12.0 Å². The number of ether oxygens (including phenoxy) is 1. The van der Waals surface area contributed by atoms with Crippen LogP contribution in [0.2, 0.25) is 0 Å². The van der Waals surface area contributed by atoms with Crippen molar-refractivity contribution in [1.82, 2.24) is 5.32 Å². The van der Waals surface area contributed by atoms with Gasteiger partial charge in [-0.25, -0.2) is 0 Å². The van der Waals surface area contributed by atoms with Crippen molar-refractivity contribution in [3.8, 4) is 0 Å². The van der Waals surface area contributed by atoms with Gasteiger partial charge in [0, 0.05) is 27.7 Å². The normalized spacial score (nSPS) is 18.6. The summed E-state index contributed by atoms with van der Waals surface area (Å²) in [5, 5.41) is 3.84. The van der Waals surface area contributed by atoms with E-state index in [2.05, 4.69) is 21.2 Å². The summed E-state index contributed by atoms with van der Waals surface area (Å²) in [4.78, 5) is 12.8. The van der Waals surface area contributed by atoms with E-state index in [1.165, 1.54) is 11.3 Å². The van der Waals surface area contributed by atoms with Gasteiger partial charge in [-0.2, -0.15) is 0 Å². The Morgan fingerprint density at radius 2 is 2.40 bits per heavy atom. The van der Waals surface area contributed by atoms with E-state index >= 15 is 0 Å². The van der Waals surface area contributed by atoms with Crippen molar-refractivity contribution in [1.29, 1.82) is 0 Å². The van der Waals surface area contributed by atoms with Gasteiger partial charge in [0.25, 0.3) is 5.91 Å². The zero-order valence-corrected chi connectivity index (χ0v) is 13.2. The fourth-order valence-electron chi connectivity index (χ4n) is 2.35. The summed E-state index contributed by atoms with van der Waals surface area (Å²) in [5.74, 6) is -0.115. The number of carbonyl (C=O) groups excluding carboxylic acids is 1. The molecule has 1 fully saturated rings. The number of halogens is 1. The number of fused-ring (bicyclic) bond motifs is 1. The molecular formula is C14H15BrN2O2S. The Labute approximate surface area is 129 Å². The van der Waals surface area contributed by atoms with Crippen molar-refractivity contribution < 1.29 is 9.53 Å². The molecule has 2 heterocycles. The molecule has 1 aliphatic rings. The second kappa shape index (κ2) is 5.71. The molecule has 4 nitrogen and oxygen atoms in total. The summed E-state index contributed by atoms with van der Waals surface area (Å²) in [6.45, 7) is 1.34. The molecule has 3 rings (SSSR count). The summed E-state index contributed by atoms with van der Waals surface area (Å²) < 4.78 is 7.49. The maximum absolute atomic E-state index is 12.2. The van der Waals surface area contributed by atoms with Gasteiger partial charge >= 0.3 is 0 Å². The second-order valence-electron chi connectivity index (χ2n) is 4.83. The highest BCUT2D eigenvalue weighted by Gasteiger charge is 2.20. The Kier molecular flexibility index (Phi) is 3.96. The summed E-state index contributed by atoms with van der Waals surface area (Å²) in [7, 11) is 0. The minimum Gasteiger partial charge on any atom is -0.397 e. The lowest BCUT2D eigenvalue weighted by atomic mass is 10.2. The van der Waals surface area contributed by atoms with Crippen molar-refractivity contribution in [2.45, 2.75) is 18.9 Å². The van der Waals surface area contributed by atoms with Crippen LogP contribution in [0, 0.1) is 0 Å². The number of hydrogen-bond donors (Lipinski definition) is 2. The van der Waals surface area contributed by atoms with Crippen LogP contribution in [-0.2, 0) is 4.74 Å². The standard InChI is InChI=1S/C14H15BrN2O2S/c15-8-3-4-10-11(6-8)20-13(12(10)16)14(18)17-7-9-2-1-5-19-9/h3-4,6,9H,1-2,5,7,16H2,(H,17,18). The molecule has 1 unspecified atom stereocenters. The number of amides is 1. The SMILES string of the molecule is Nc1c(C(=O)NCC2CCCO2)sc2cc(Br)ccc12. The molecule has 106 valence electrons. The van der Waals surface area contributed by atoms with E-state index in [1.807, 2.05) is 18.2 Å². The first-order valence-electron chi connectivity index (χ1n) is 6.52. The van der Waals surface area contributed by atoms with Crippen LogP contribution in [0.1, 0.15) is 22.5 Å². The zero-order chi connectivity index (χ0) is 14.1. The van der Waals surface area contributed by atoms with E-state index in [1.54, 1.807) is 0 Å². The molecule has 2 aromatic rings. The smallest absolute Gasteiger partial charge is 0.263 e. The number of nitrogen functional groups attached to an aromatic ring is 1. The van der Waals surface area contributed by atoms with Crippen molar-refractivity contribution in [3.05, 3.63) is 27.5 Å². The van der Waals surface area contributed by atoms with E-state index in [9.17, 15) is 4.79 Å². The van der Waals surface area contributed by atoms with Gasteiger partial charge < -0.3 is 15.8 Å². The van der Waals surface area contributed by atoms with Crippen LogP contribution in [0.25, 0.3) is 10.1 Å². The molecule has 1 aromatic heterocycles. The van der Waals surface area contributed by atoms with Crippen LogP contribution >= 0.6 is 27.3 Å². The first-order valence-corrected chi connectivity index (χ1v) is 8.13. The molecular weight excluding hydrogens is 340 g/mol. The topological polar surface area (TPSA) is 64.4 Å². The predicted molar refractivity (Wildman–Crippen MR) is 85.2 cm³/mol. The van der Waals surface area contributed by atoms with Gasteiger partial charge in [0.1, 0.15) is 4.88 Å². The monoisotopic (exact) mass is 354 g/mol. The number of thiophene rings is 1. The highest BCUT2D eigenvalue weighted by Crippen LogP contribution is 2.35. The molecule has 0 radical (unpaired) electrons. The predicted octanol–water partition coefficient (Wildman–Crippen LogP) is 3.15. The lowest BCUT2D eigenvalue weighted by Gasteiger charge is -2.10. The number of nitrogens with two attached hydrogens (primary N) is 1. The largest absolute Gasteiger partial charge is 0.397 e. The molecule has 20 heavy (non-hydrogen) atoms. The Hall–Kier alpha value is -1.11. The number of carbonyl (C=O) groups is 1. The van der Waals surface area contributed by atoms with Crippen molar-refractivity contribution in [2.75, 3.05) is 18.9 Å². The van der Waals surface area contributed by atoms with Gasteiger partial charge in [0.05, 0.1) is 11.8 Å². The fourth-order valence-corrected chi connectivity index (χ4v) is 3.94. The first kappa shape index (κ1) is 13.9. The van der Waals surface area contributed by atoms with Crippen LogP contribution in [0.15, 0.2) is 22.7 Å². The van der Waals surface area contributed by atoms with Crippen LogP contribution in [-0.4, -0.2) is 25.2 Å². The minimum absolute atomic E-state index is 0.115. The summed E-state index contributed by atoms with van der Waals surface area (Å²) >= 11 is 4.85. The molecule has 1 aromatic carbocycles. The quantitative estimate of drug-likeness (QED) is 0.889. The molecule has 0 bridgehead atoms. The first-order chi connectivity index (χ1) is 9.65. The Morgan fingerprint density at radius 3 is 3.15 bits per heavy atom. The molecule has 6 heteroatoms. The van der Waals surface area contributed by atoms with Gasteiger partial charge in [0.15, 0.2) is 0 Å². The number of hydrogen-bond acceptors (Lipinski definition) is 4. The van der Waals surface area contributed by atoms with E-state index in [0.29, 0.717) is 17.1 Å². The van der Waals surface area contributed by atoms with E-state index in [4.69, 9.17) is 10.5 Å². The van der Waals surface area contributed by atoms with Crippen LogP contribution < -0.4 is 11.1 Å². The summed E-state index contributed by atoms with van der Waals surface area (Å²) in [6.07, 6.45) is 2.22. The number of benzene rings is 1. The molecule has 1 aliphatic heterocycles. The highest BCUT2D eigenvalue weighted by atomic mass is 79.9. The molecule has 0 saturated carbocycles. The minimum atomic E-state index is -0.115. The van der Waals surface area contributed by atoms with Crippen LogP contribution in [0.4, 0.5) is 5.69 Å². The number of nitrogens with one attached hydrogen (secondary N) is 1. The molecule has 1 amide bonds. The van der Waals surface area contributed by atoms with Crippen LogP contribution in [0.5, 0.6) is 0 Å². The third-order valence-corrected chi connectivity index (χ3v) is 5.07. The summed E-state index contributed by atoms with van der Waals surface area (Å²) in [6, 6.07) is 5.84. The molecule has 1 saturated heterocycles. The van der Waals surface area contributed by atoms with Crippen molar-refractivity contribution in [2.24, 2.45) is 0 Å². The lowest BCUT2D eigenvalue weighted by Crippen LogP contribution is -2.31. The van der Waals surface area contributed by atoms with Crippen molar-refractivity contribution in [3.63, 3.8) is 0 Å².